The lowest BCUT2D eigenvalue weighted by Crippen LogP contribution is -2.35. The molecular weight excluding hydrogens is 240 g/mol. The van der Waals surface area contributed by atoms with E-state index in [1.807, 2.05) is 36.1 Å². The highest BCUT2D eigenvalue weighted by Crippen LogP contribution is 2.36. The summed E-state index contributed by atoms with van der Waals surface area (Å²) in [5, 5.41) is 3.39. The summed E-state index contributed by atoms with van der Waals surface area (Å²) in [6.07, 6.45) is 2.04. The van der Waals surface area contributed by atoms with E-state index < -0.39 is 0 Å². The van der Waals surface area contributed by atoms with E-state index in [-0.39, 0.29) is 6.09 Å². The molecule has 0 aliphatic carbocycles. The number of ether oxygens (including phenoxy) is 1. The molecule has 3 rings (SSSR count). The Hall–Kier alpha value is -1.55. The summed E-state index contributed by atoms with van der Waals surface area (Å²) in [6, 6.07) is 7.63. The molecule has 2 saturated heterocycles. The number of hydrogen-bond donors (Lipinski definition) is 1. The molecule has 0 saturated carbocycles. The van der Waals surface area contributed by atoms with Gasteiger partial charge in [0.25, 0.3) is 0 Å². The van der Waals surface area contributed by atoms with Gasteiger partial charge in [-0.1, -0.05) is 18.2 Å². The summed E-state index contributed by atoms with van der Waals surface area (Å²) >= 11 is 0. The van der Waals surface area contributed by atoms with Crippen LogP contribution in [0.15, 0.2) is 24.3 Å². The van der Waals surface area contributed by atoms with Crippen LogP contribution in [0, 0.1) is 12.3 Å². The van der Waals surface area contributed by atoms with Gasteiger partial charge in [-0.05, 0) is 37.9 Å². The van der Waals surface area contributed by atoms with Gasteiger partial charge in [0.15, 0.2) is 0 Å². The molecule has 2 heterocycles. The van der Waals surface area contributed by atoms with E-state index in [0.29, 0.717) is 11.2 Å². The monoisotopic (exact) mass is 260 g/mol. The van der Waals surface area contributed by atoms with E-state index in [9.17, 15) is 4.79 Å². The first kappa shape index (κ1) is 12.5. The first-order chi connectivity index (χ1) is 9.19. The maximum atomic E-state index is 12.2. The Morgan fingerprint density at radius 2 is 2.21 bits per heavy atom. The van der Waals surface area contributed by atoms with Crippen LogP contribution in [0.3, 0.4) is 0 Å². The molecule has 1 N–H and O–H groups in total. The summed E-state index contributed by atoms with van der Waals surface area (Å²) in [4.78, 5) is 14.0. The summed E-state index contributed by atoms with van der Waals surface area (Å²) in [5.74, 6) is 0.665. The molecule has 1 atom stereocenters. The summed E-state index contributed by atoms with van der Waals surface area (Å²) in [7, 11) is 0. The van der Waals surface area contributed by atoms with Crippen molar-refractivity contribution in [2.75, 3.05) is 26.2 Å². The van der Waals surface area contributed by atoms with E-state index in [1.54, 1.807) is 0 Å². The van der Waals surface area contributed by atoms with Crippen LogP contribution in [0.1, 0.15) is 18.4 Å². The molecule has 2 fully saturated rings. The molecule has 1 aromatic rings. The van der Waals surface area contributed by atoms with E-state index >= 15 is 0 Å². The summed E-state index contributed by atoms with van der Waals surface area (Å²) < 4.78 is 5.50. The molecule has 0 aromatic heterocycles. The van der Waals surface area contributed by atoms with Gasteiger partial charge in [0, 0.05) is 25.0 Å². The minimum absolute atomic E-state index is 0.210. The van der Waals surface area contributed by atoms with E-state index in [1.165, 1.54) is 6.42 Å². The second kappa shape index (κ2) is 4.85. The number of carbonyl (C=O) groups is 1. The van der Waals surface area contributed by atoms with Gasteiger partial charge >= 0.3 is 6.09 Å². The van der Waals surface area contributed by atoms with Gasteiger partial charge < -0.3 is 15.0 Å². The van der Waals surface area contributed by atoms with Crippen LogP contribution in [0.5, 0.6) is 5.75 Å². The molecule has 4 nitrogen and oxygen atoms in total. The Morgan fingerprint density at radius 3 is 2.95 bits per heavy atom. The van der Waals surface area contributed by atoms with Crippen LogP contribution < -0.4 is 10.1 Å². The van der Waals surface area contributed by atoms with Crippen molar-refractivity contribution in [1.82, 2.24) is 10.2 Å². The molecule has 4 heteroatoms. The van der Waals surface area contributed by atoms with Crippen molar-refractivity contribution in [2.45, 2.75) is 19.8 Å². The minimum Gasteiger partial charge on any atom is -0.410 e. The maximum Gasteiger partial charge on any atom is 0.415 e. The predicted octanol–water partition coefficient (Wildman–Crippen LogP) is 2.18. The second-order valence-corrected chi connectivity index (χ2v) is 5.73. The van der Waals surface area contributed by atoms with Gasteiger partial charge in [-0.2, -0.15) is 0 Å². The van der Waals surface area contributed by atoms with Crippen LogP contribution >= 0.6 is 0 Å². The number of nitrogens with zero attached hydrogens (tertiary/aromatic N) is 1. The molecule has 1 spiro atoms. The molecule has 1 unspecified atom stereocenters. The number of amides is 1. The van der Waals surface area contributed by atoms with Crippen molar-refractivity contribution in [1.29, 1.82) is 0 Å². The van der Waals surface area contributed by atoms with E-state index in [2.05, 4.69) is 5.32 Å². The molecule has 1 aromatic carbocycles. The zero-order valence-electron chi connectivity index (χ0n) is 11.3. The van der Waals surface area contributed by atoms with Crippen molar-refractivity contribution in [3.63, 3.8) is 0 Å². The molecule has 2 aliphatic heterocycles. The van der Waals surface area contributed by atoms with E-state index in [4.69, 9.17) is 4.74 Å². The Labute approximate surface area is 113 Å². The number of rotatable bonds is 1. The van der Waals surface area contributed by atoms with Crippen molar-refractivity contribution in [2.24, 2.45) is 5.41 Å². The Kier molecular flexibility index (Phi) is 3.19. The predicted molar refractivity (Wildman–Crippen MR) is 73.3 cm³/mol. The third-order valence-electron chi connectivity index (χ3n) is 4.32. The zero-order valence-corrected chi connectivity index (χ0v) is 11.3. The number of benzene rings is 1. The average Bonchev–Trinajstić information content (AvgIpc) is 3.03. The van der Waals surface area contributed by atoms with Crippen LogP contribution in [0.4, 0.5) is 4.79 Å². The van der Waals surface area contributed by atoms with E-state index in [0.717, 1.165) is 38.2 Å². The number of likely N-dealkylation sites (tertiary alicyclic amines) is 1. The van der Waals surface area contributed by atoms with Crippen molar-refractivity contribution in [3.8, 4) is 5.75 Å². The first-order valence-corrected chi connectivity index (χ1v) is 6.92. The molecule has 0 radical (unpaired) electrons. The highest BCUT2D eigenvalue weighted by molar-refractivity contribution is 5.71. The van der Waals surface area contributed by atoms with Gasteiger partial charge in [0.1, 0.15) is 5.75 Å². The van der Waals surface area contributed by atoms with Gasteiger partial charge in [0.2, 0.25) is 0 Å². The normalized spacial score (nSPS) is 26.1. The number of carbonyl (C=O) groups excluding carboxylic acids is 1. The highest BCUT2D eigenvalue weighted by Gasteiger charge is 2.42. The topological polar surface area (TPSA) is 41.6 Å². The fraction of sp³-hybridized carbons (Fsp3) is 0.533. The Morgan fingerprint density at radius 1 is 1.37 bits per heavy atom. The molecule has 102 valence electrons. The Balaban J connectivity index is 1.64. The maximum absolute atomic E-state index is 12.2. The molecule has 2 aliphatic rings. The molecule has 19 heavy (non-hydrogen) atoms. The minimum atomic E-state index is -0.210. The summed E-state index contributed by atoms with van der Waals surface area (Å²) in [6.45, 7) is 5.69. The highest BCUT2D eigenvalue weighted by atomic mass is 16.6. The van der Waals surface area contributed by atoms with Crippen LogP contribution in [-0.4, -0.2) is 37.2 Å². The number of aryl methyl sites for hydroxylation is 1. The number of para-hydroxylation sites is 1. The average molecular weight is 260 g/mol. The smallest absolute Gasteiger partial charge is 0.410 e. The zero-order chi connectivity index (χ0) is 13.3. The molecule has 0 bridgehead atoms. The largest absolute Gasteiger partial charge is 0.415 e. The first-order valence-electron chi connectivity index (χ1n) is 6.92. The lowest BCUT2D eigenvalue weighted by molar-refractivity contribution is 0.156. The fourth-order valence-electron chi connectivity index (χ4n) is 3.06. The van der Waals surface area contributed by atoms with Crippen LogP contribution in [0.25, 0.3) is 0 Å². The third kappa shape index (κ3) is 2.45. The lowest BCUT2D eigenvalue weighted by atomic mass is 9.87. The van der Waals surface area contributed by atoms with Crippen molar-refractivity contribution >= 4 is 6.09 Å². The van der Waals surface area contributed by atoms with Gasteiger partial charge in [-0.25, -0.2) is 4.79 Å². The fourth-order valence-corrected chi connectivity index (χ4v) is 3.06. The van der Waals surface area contributed by atoms with Crippen molar-refractivity contribution in [3.05, 3.63) is 29.8 Å². The van der Waals surface area contributed by atoms with Gasteiger partial charge in [-0.15, -0.1) is 0 Å². The number of nitrogens with one attached hydrogen (secondary N) is 1. The third-order valence-corrected chi connectivity index (χ3v) is 4.32. The standard InChI is InChI=1S/C15H20N2O2/c1-12-4-2-3-5-13(12)19-14(18)17-9-7-15(11-17)6-8-16-10-15/h2-5,16H,6-11H2,1H3. The quantitative estimate of drug-likeness (QED) is 0.841. The molecule has 1 amide bonds. The van der Waals surface area contributed by atoms with Crippen molar-refractivity contribution < 1.29 is 9.53 Å². The van der Waals surface area contributed by atoms with Gasteiger partial charge in [-0.3, -0.25) is 0 Å². The second-order valence-electron chi connectivity index (χ2n) is 5.73. The Bertz CT molecular complexity index is 481. The summed E-state index contributed by atoms with van der Waals surface area (Å²) in [5.41, 5.74) is 1.29. The van der Waals surface area contributed by atoms with Crippen LogP contribution in [-0.2, 0) is 0 Å². The molecular formula is C15H20N2O2. The number of hydrogen-bond acceptors (Lipinski definition) is 3. The lowest BCUT2D eigenvalue weighted by Gasteiger charge is -2.22. The van der Waals surface area contributed by atoms with Crippen LogP contribution in [0.2, 0.25) is 0 Å². The SMILES string of the molecule is Cc1ccccc1OC(=O)N1CCC2(CCNC2)C1. The van der Waals surface area contributed by atoms with Gasteiger partial charge in [0.05, 0.1) is 0 Å².